The SMILES string of the molecule is CCC1(C)CO1.FC(F)(F)c1c2cccc1-2. The summed E-state index contributed by atoms with van der Waals surface area (Å²) in [5.74, 6) is 0. The van der Waals surface area contributed by atoms with Gasteiger partial charge in [0.05, 0.1) is 17.8 Å². The standard InChI is InChI=1S/C7H3F3.C5H10O/c8-7(9,10)6-4-2-1-3-5(4)6;1-3-5(2)4-6-5/h1-3H;3-4H2,1-2H3. The first-order chi connectivity index (χ1) is 7.37. The first-order valence-corrected chi connectivity index (χ1v) is 5.22. The van der Waals surface area contributed by atoms with Gasteiger partial charge in [-0.25, -0.2) is 0 Å². The Kier molecular flexibility index (Phi) is 2.49. The van der Waals surface area contributed by atoms with Gasteiger partial charge in [-0.2, -0.15) is 13.2 Å². The lowest BCUT2D eigenvalue weighted by molar-refractivity contribution is -0.133. The van der Waals surface area contributed by atoms with Crippen molar-refractivity contribution in [1.29, 1.82) is 0 Å². The molecule has 0 saturated carbocycles. The van der Waals surface area contributed by atoms with Crippen LogP contribution in [0.25, 0.3) is 11.1 Å². The molecule has 0 amide bonds. The van der Waals surface area contributed by atoms with Crippen LogP contribution in [0, 0.1) is 0 Å². The normalized spacial score (nSPS) is 24.6. The number of hydrogen-bond acceptors (Lipinski definition) is 1. The largest absolute Gasteiger partial charge is 0.417 e. The average molecular weight is 230 g/mol. The highest BCUT2D eigenvalue weighted by atomic mass is 19.4. The van der Waals surface area contributed by atoms with Gasteiger partial charge in [-0.1, -0.05) is 25.1 Å². The Morgan fingerprint density at radius 3 is 2.00 bits per heavy atom. The number of hydrogen-bond donors (Lipinski definition) is 0. The molecule has 0 spiro atoms. The number of rotatable bonds is 1. The van der Waals surface area contributed by atoms with E-state index >= 15 is 0 Å². The lowest BCUT2D eigenvalue weighted by Gasteiger charge is -1.95. The minimum absolute atomic E-state index is 0.292. The number of alkyl halides is 3. The molecule has 1 unspecified atom stereocenters. The van der Waals surface area contributed by atoms with Crippen LogP contribution < -0.4 is 0 Å². The fourth-order valence-corrected chi connectivity index (χ4v) is 1.44. The van der Waals surface area contributed by atoms with Gasteiger partial charge in [0.1, 0.15) is 0 Å². The molecule has 1 aliphatic heterocycles. The molecule has 1 nitrogen and oxygen atoms in total. The van der Waals surface area contributed by atoms with Gasteiger partial charge in [0, 0.05) is 0 Å². The van der Waals surface area contributed by atoms with Gasteiger partial charge in [-0.05, 0) is 24.5 Å². The molecule has 2 aliphatic carbocycles. The summed E-state index contributed by atoms with van der Waals surface area (Å²) in [5.41, 5.74) is 0.593. The van der Waals surface area contributed by atoms with Crippen molar-refractivity contribution in [3.8, 4) is 11.1 Å². The van der Waals surface area contributed by atoms with E-state index in [1.807, 2.05) is 0 Å². The first-order valence-electron chi connectivity index (χ1n) is 5.22. The molecule has 0 N–H and O–H groups in total. The smallest absolute Gasteiger partial charge is 0.370 e. The molecular weight excluding hydrogens is 217 g/mol. The fraction of sp³-hybridized carbons (Fsp3) is 0.500. The first kappa shape index (κ1) is 11.5. The summed E-state index contributed by atoms with van der Waals surface area (Å²) in [6, 6.07) is 4.59. The van der Waals surface area contributed by atoms with Crippen molar-refractivity contribution < 1.29 is 17.9 Å². The van der Waals surface area contributed by atoms with E-state index in [1.54, 1.807) is 6.07 Å². The minimum atomic E-state index is -4.13. The van der Waals surface area contributed by atoms with Crippen LogP contribution in [0.15, 0.2) is 18.2 Å². The highest BCUT2D eigenvalue weighted by Gasteiger charge is 2.44. The van der Waals surface area contributed by atoms with Crippen molar-refractivity contribution >= 4 is 0 Å². The Morgan fingerprint density at radius 2 is 1.81 bits per heavy atom. The van der Waals surface area contributed by atoms with Crippen LogP contribution in [-0.4, -0.2) is 12.2 Å². The average Bonchev–Trinajstić information content (AvgIpc) is 3.07. The molecule has 16 heavy (non-hydrogen) atoms. The Labute approximate surface area is 92.2 Å². The third kappa shape index (κ3) is 2.21. The predicted octanol–water partition coefficient (Wildman–Crippen LogP) is 3.87. The van der Waals surface area contributed by atoms with E-state index in [-0.39, 0.29) is 0 Å². The Morgan fingerprint density at radius 1 is 1.31 bits per heavy atom. The molecule has 88 valence electrons. The predicted molar refractivity (Wildman–Crippen MR) is 55.1 cm³/mol. The molecule has 3 rings (SSSR count). The highest BCUT2D eigenvalue weighted by Crippen LogP contribution is 2.52. The van der Waals surface area contributed by atoms with Crippen molar-refractivity contribution in [2.45, 2.75) is 32.0 Å². The van der Waals surface area contributed by atoms with Crippen LogP contribution in [0.3, 0.4) is 0 Å². The van der Waals surface area contributed by atoms with Gasteiger partial charge in [0.2, 0.25) is 0 Å². The van der Waals surface area contributed by atoms with E-state index in [1.165, 1.54) is 12.1 Å². The summed E-state index contributed by atoms with van der Waals surface area (Å²) in [5, 5.41) is 0. The molecule has 1 atom stereocenters. The van der Waals surface area contributed by atoms with Crippen LogP contribution in [0.2, 0.25) is 0 Å². The Hall–Kier alpha value is -1.03. The van der Waals surface area contributed by atoms with Crippen LogP contribution in [0.4, 0.5) is 13.2 Å². The van der Waals surface area contributed by atoms with E-state index in [2.05, 4.69) is 13.8 Å². The van der Waals surface area contributed by atoms with Crippen molar-refractivity contribution in [2.24, 2.45) is 0 Å². The number of fused-ring (bicyclic) bond motifs is 1. The number of halogens is 3. The lowest BCUT2D eigenvalue weighted by Crippen LogP contribution is -1.98. The second-order valence-corrected chi connectivity index (χ2v) is 4.32. The fourth-order valence-electron chi connectivity index (χ4n) is 1.44. The lowest BCUT2D eigenvalue weighted by atomic mass is 10.1. The summed E-state index contributed by atoms with van der Waals surface area (Å²) in [4.78, 5) is 0. The second kappa shape index (κ2) is 3.48. The van der Waals surface area contributed by atoms with E-state index in [0.717, 1.165) is 13.0 Å². The van der Waals surface area contributed by atoms with Crippen molar-refractivity contribution in [3.63, 3.8) is 0 Å². The summed E-state index contributed by atoms with van der Waals surface area (Å²) < 4.78 is 40.5. The molecule has 0 aromatic heterocycles. The van der Waals surface area contributed by atoms with Gasteiger partial charge in [0.25, 0.3) is 0 Å². The zero-order valence-corrected chi connectivity index (χ0v) is 9.19. The molecule has 0 bridgehead atoms. The second-order valence-electron chi connectivity index (χ2n) is 4.32. The topological polar surface area (TPSA) is 12.5 Å². The summed E-state index contributed by atoms with van der Waals surface area (Å²) in [7, 11) is 0. The maximum Gasteiger partial charge on any atom is 0.417 e. The van der Waals surface area contributed by atoms with E-state index in [9.17, 15) is 13.2 Å². The van der Waals surface area contributed by atoms with Crippen molar-refractivity contribution in [1.82, 2.24) is 0 Å². The molecule has 4 heteroatoms. The van der Waals surface area contributed by atoms with Crippen molar-refractivity contribution in [3.05, 3.63) is 23.8 Å². The maximum absolute atomic E-state index is 11.8. The minimum Gasteiger partial charge on any atom is -0.370 e. The molecule has 0 aromatic rings. The number of benzene rings is 1. The van der Waals surface area contributed by atoms with Gasteiger partial charge in [0.15, 0.2) is 0 Å². The van der Waals surface area contributed by atoms with Crippen LogP contribution in [0.5, 0.6) is 0 Å². The Balaban J connectivity index is 0.000000138. The van der Waals surface area contributed by atoms with Crippen LogP contribution in [-0.2, 0) is 10.9 Å². The van der Waals surface area contributed by atoms with Gasteiger partial charge in [-0.3, -0.25) is 0 Å². The highest BCUT2D eigenvalue weighted by molar-refractivity contribution is 5.90. The maximum atomic E-state index is 11.8. The third-order valence-electron chi connectivity index (χ3n) is 2.96. The molecule has 0 radical (unpaired) electrons. The summed E-state index contributed by atoms with van der Waals surface area (Å²) >= 11 is 0. The molecule has 1 saturated heterocycles. The monoisotopic (exact) mass is 230 g/mol. The van der Waals surface area contributed by atoms with Crippen LogP contribution >= 0.6 is 0 Å². The zero-order valence-electron chi connectivity index (χ0n) is 9.19. The van der Waals surface area contributed by atoms with Gasteiger partial charge in [-0.15, -0.1) is 0 Å². The number of epoxide rings is 1. The molecule has 1 fully saturated rings. The molecular formula is C12H13F3O. The summed E-state index contributed by atoms with van der Waals surface area (Å²) in [6.45, 7) is 5.25. The molecule has 1 heterocycles. The molecule has 3 aliphatic rings. The van der Waals surface area contributed by atoms with Gasteiger partial charge < -0.3 is 4.74 Å². The zero-order chi connectivity index (χ0) is 12.0. The summed E-state index contributed by atoms with van der Waals surface area (Å²) in [6.07, 6.45) is -2.97. The Bertz CT molecular complexity index is 385. The van der Waals surface area contributed by atoms with Crippen LogP contribution in [0.1, 0.15) is 25.8 Å². The molecule has 0 aromatic carbocycles. The number of ether oxygens (including phenoxy) is 1. The van der Waals surface area contributed by atoms with E-state index in [4.69, 9.17) is 4.74 Å². The van der Waals surface area contributed by atoms with E-state index in [0.29, 0.717) is 16.7 Å². The van der Waals surface area contributed by atoms with Crippen molar-refractivity contribution in [2.75, 3.05) is 6.61 Å². The quantitative estimate of drug-likeness (QED) is 0.677. The van der Waals surface area contributed by atoms with E-state index < -0.39 is 11.7 Å². The van der Waals surface area contributed by atoms with Gasteiger partial charge >= 0.3 is 6.18 Å². The third-order valence-corrected chi connectivity index (χ3v) is 2.96.